The molecule has 10 heteroatoms. The normalized spacial score (nSPS) is 23.6. The molecule has 7 aliphatic rings. The smallest absolute Gasteiger partial charge is 0.277 e. The number of H-pyrrole nitrogens is 2. The third-order valence-corrected chi connectivity index (χ3v) is 14.1. The maximum Gasteiger partial charge on any atom is 0.277 e. The van der Waals surface area contributed by atoms with Gasteiger partial charge in [-0.05, 0) is 75.3 Å². The molecule has 0 aliphatic carbocycles. The summed E-state index contributed by atoms with van der Waals surface area (Å²) in [5, 5.41) is 2.02. The molecule has 0 unspecified atom stereocenters. The van der Waals surface area contributed by atoms with Gasteiger partial charge < -0.3 is 19.8 Å². The lowest BCUT2D eigenvalue weighted by Crippen LogP contribution is -2.42. The van der Waals surface area contributed by atoms with E-state index >= 15 is 0 Å². The molecule has 4 amide bonds. The minimum absolute atomic E-state index is 0.203. The van der Waals surface area contributed by atoms with Crippen molar-refractivity contribution in [2.75, 3.05) is 40.3 Å². The second kappa shape index (κ2) is 16.3. The molecule has 58 heavy (non-hydrogen) atoms. The van der Waals surface area contributed by atoms with Crippen LogP contribution in [0.3, 0.4) is 0 Å². The fraction of sp³-hybridized carbons (Fsp3) is 0.500. The largest absolute Gasteiger partial charge is 0.366 e. The van der Waals surface area contributed by atoms with E-state index in [0.717, 1.165) is 135 Å². The third-order valence-electron chi connectivity index (χ3n) is 14.1. The average molecular weight is 783 g/mol. The molecule has 7 aliphatic heterocycles. The summed E-state index contributed by atoms with van der Waals surface area (Å²) in [7, 11) is 3.25. The van der Waals surface area contributed by atoms with Crippen molar-refractivity contribution in [2.24, 2.45) is 11.8 Å². The van der Waals surface area contributed by atoms with E-state index in [4.69, 9.17) is 0 Å². The van der Waals surface area contributed by atoms with Crippen LogP contribution in [-0.4, -0.2) is 93.5 Å². The molecule has 2 fully saturated rings. The Balaban J connectivity index is 1.01. The number of nitrogens with one attached hydrogen (secondary N) is 2. The molecule has 4 bridgehead atoms. The maximum absolute atomic E-state index is 14.0. The van der Waals surface area contributed by atoms with Crippen LogP contribution in [0.15, 0.2) is 59.9 Å². The predicted octanol–water partition coefficient (Wildman–Crippen LogP) is 8.19. The number of likely N-dealkylation sites (N-methyl/N-ethyl adjacent to an activating group) is 2. The van der Waals surface area contributed by atoms with Gasteiger partial charge >= 0.3 is 0 Å². The Hall–Kier alpha value is -5.12. The molecule has 4 aromatic rings. The lowest BCUT2D eigenvalue weighted by Gasteiger charge is -2.41. The number of carbonyl (C=O) groups excluding carboxylic acids is 4. The summed E-state index contributed by atoms with van der Waals surface area (Å²) in [6.45, 7) is 2.91. The highest BCUT2D eigenvalue weighted by Gasteiger charge is 2.45. The van der Waals surface area contributed by atoms with Crippen LogP contribution in [0.2, 0.25) is 0 Å². The molecule has 2 aromatic heterocycles. The van der Waals surface area contributed by atoms with Crippen molar-refractivity contribution in [1.82, 2.24) is 29.6 Å². The quantitative estimate of drug-likeness (QED) is 0.174. The number of fused-ring (bicyclic) bond motifs is 4. The summed E-state index contributed by atoms with van der Waals surface area (Å²) in [4.78, 5) is 70.3. The Bertz CT molecular complexity index is 2150. The Morgan fingerprint density at radius 2 is 0.810 bits per heavy atom. The number of benzene rings is 2. The van der Waals surface area contributed by atoms with Gasteiger partial charge in [0, 0.05) is 84.6 Å². The van der Waals surface area contributed by atoms with Crippen LogP contribution in [0.4, 0.5) is 0 Å². The zero-order chi connectivity index (χ0) is 39.9. The molecule has 0 saturated carbocycles. The lowest BCUT2D eigenvalue weighted by molar-refractivity contribution is -0.137. The van der Waals surface area contributed by atoms with Gasteiger partial charge in [-0.15, -0.1) is 0 Å². The highest BCUT2D eigenvalue weighted by molar-refractivity contribution is 6.38. The molecule has 0 atom stereocenters. The number of aromatic nitrogens is 2. The second-order valence-electron chi connectivity index (χ2n) is 17.5. The molecular formula is C48H58N6O4. The fourth-order valence-corrected chi connectivity index (χ4v) is 10.8. The average Bonchev–Trinajstić information content (AvgIpc) is 3.92. The molecule has 11 rings (SSSR count). The van der Waals surface area contributed by atoms with E-state index in [1.807, 2.05) is 24.3 Å². The van der Waals surface area contributed by atoms with Gasteiger partial charge in [0.2, 0.25) is 0 Å². The topological polar surface area (TPSA) is 113 Å². The van der Waals surface area contributed by atoms with Gasteiger partial charge in [0.15, 0.2) is 0 Å². The van der Waals surface area contributed by atoms with Crippen LogP contribution in [0.1, 0.15) is 112 Å². The van der Waals surface area contributed by atoms with Crippen molar-refractivity contribution in [3.8, 4) is 0 Å². The number of imide groups is 2. The van der Waals surface area contributed by atoms with Crippen molar-refractivity contribution in [3.05, 3.63) is 82.4 Å². The first-order valence-corrected chi connectivity index (χ1v) is 22.1. The molecule has 0 radical (unpaired) electrons. The van der Waals surface area contributed by atoms with Gasteiger partial charge in [-0.1, -0.05) is 87.8 Å². The van der Waals surface area contributed by atoms with E-state index in [1.165, 1.54) is 48.3 Å². The highest BCUT2D eigenvalue weighted by Crippen LogP contribution is 2.43. The number of nitrogens with zero attached hydrogens (tertiary/aromatic N) is 4. The molecule has 0 spiro atoms. The predicted molar refractivity (Wildman–Crippen MR) is 228 cm³/mol. The molecule has 2 N–H and O–H groups in total. The number of carbonyl (C=O) groups is 4. The van der Waals surface area contributed by atoms with E-state index in [-0.39, 0.29) is 23.6 Å². The van der Waals surface area contributed by atoms with Crippen LogP contribution in [0, 0.1) is 11.8 Å². The van der Waals surface area contributed by atoms with Crippen molar-refractivity contribution >= 4 is 56.6 Å². The van der Waals surface area contributed by atoms with Crippen LogP contribution in [0.25, 0.3) is 33.0 Å². The number of hydrogen-bond acceptors (Lipinski definition) is 6. The molecule has 9 heterocycles. The van der Waals surface area contributed by atoms with E-state index in [1.54, 1.807) is 14.1 Å². The van der Waals surface area contributed by atoms with E-state index in [2.05, 4.69) is 44.0 Å². The summed E-state index contributed by atoms with van der Waals surface area (Å²) < 4.78 is 0. The van der Waals surface area contributed by atoms with Crippen molar-refractivity contribution in [1.29, 1.82) is 0 Å². The number of rotatable bonds is 0. The van der Waals surface area contributed by atoms with Crippen LogP contribution in [0.5, 0.6) is 0 Å². The molecule has 2 aromatic carbocycles. The van der Waals surface area contributed by atoms with Crippen LogP contribution < -0.4 is 0 Å². The molecule has 2 saturated heterocycles. The number of para-hydroxylation sites is 2. The maximum atomic E-state index is 14.0. The van der Waals surface area contributed by atoms with Crippen LogP contribution >= 0.6 is 0 Å². The lowest BCUT2D eigenvalue weighted by atomic mass is 9.78. The Labute approximate surface area is 341 Å². The van der Waals surface area contributed by atoms with Gasteiger partial charge in [0.1, 0.15) is 11.4 Å². The third kappa shape index (κ3) is 6.86. The minimum Gasteiger partial charge on any atom is -0.366 e. The summed E-state index contributed by atoms with van der Waals surface area (Å²) in [5.74, 6) is 0.148. The summed E-state index contributed by atoms with van der Waals surface area (Å²) in [5.41, 5.74) is 8.20. The van der Waals surface area contributed by atoms with Crippen LogP contribution in [-0.2, 0) is 32.0 Å². The number of aryl methyl sites for hydroxylation is 2. The summed E-state index contributed by atoms with van der Waals surface area (Å²) in [6, 6.07) is 16.4. The number of amides is 4. The van der Waals surface area contributed by atoms with E-state index in [0.29, 0.717) is 34.4 Å². The standard InChI is InChI=1S/C48H58N6O4/c1-51-45(55)41-39-33-17-13-15-19-35(33)49-37(39)21-11-9-7-5-3-4-6-8-10-12-22-38-40(34-18-14-16-20-36(34)50-38)42-44(48(58)52(2)46(42)56)54-29-25-32(26-30-54)31-23-27-53(28-24-31)43(41)47(51)57/h13-20,31-32,49-50H,3-12,21-30H2,1-2H3. The van der Waals surface area contributed by atoms with Crippen molar-refractivity contribution in [3.63, 3.8) is 0 Å². The summed E-state index contributed by atoms with van der Waals surface area (Å²) in [6.07, 6.45) is 17.1. The Morgan fingerprint density at radius 3 is 1.19 bits per heavy atom. The minimum atomic E-state index is -0.209. The Kier molecular flexibility index (Phi) is 10.8. The van der Waals surface area contributed by atoms with Crippen molar-refractivity contribution in [2.45, 2.75) is 103 Å². The zero-order valence-corrected chi connectivity index (χ0v) is 34.3. The van der Waals surface area contributed by atoms with Crippen molar-refractivity contribution < 1.29 is 19.2 Å². The van der Waals surface area contributed by atoms with Gasteiger partial charge in [-0.25, -0.2) is 0 Å². The number of aromatic amines is 2. The van der Waals surface area contributed by atoms with E-state index in [9.17, 15) is 19.2 Å². The monoisotopic (exact) mass is 782 g/mol. The molecular weight excluding hydrogens is 725 g/mol. The SMILES string of the molecule is CN1C(=O)C2=C(C1=O)N1CCC(CC1)C1CCN(CC1)C1=C(C(=O)N(C)C1=O)c1c([nH]c3ccccc13)CCCCCCCCCCCCc1[nH]c3ccccc3c12. The van der Waals surface area contributed by atoms with Gasteiger partial charge in [0.25, 0.3) is 23.6 Å². The second-order valence-corrected chi connectivity index (χ2v) is 17.5. The van der Waals surface area contributed by atoms with Gasteiger partial charge in [-0.3, -0.25) is 29.0 Å². The first-order valence-electron chi connectivity index (χ1n) is 22.1. The molecule has 10 nitrogen and oxygen atoms in total. The van der Waals surface area contributed by atoms with Gasteiger partial charge in [0.05, 0.1) is 11.1 Å². The van der Waals surface area contributed by atoms with Gasteiger partial charge in [-0.2, -0.15) is 0 Å². The highest BCUT2D eigenvalue weighted by atomic mass is 16.2. The summed E-state index contributed by atoms with van der Waals surface area (Å²) >= 11 is 0. The molecule has 304 valence electrons. The first kappa shape index (κ1) is 38.4. The fourth-order valence-electron chi connectivity index (χ4n) is 10.8. The number of piperidine rings is 2. The Morgan fingerprint density at radius 1 is 0.466 bits per heavy atom. The number of hydrogen-bond donors (Lipinski definition) is 2. The zero-order valence-electron chi connectivity index (χ0n) is 34.3. The first-order chi connectivity index (χ1) is 28.3. The van der Waals surface area contributed by atoms with E-state index < -0.39 is 0 Å².